The lowest BCUT2D eigenvalue weighted by atomic mass is 9.79. The largest absolute Gasteiger partial charge is 0.371 e. The Balaban J connectivity index is 1.12. The Labute approximate surface area is 210 Å². The Morgan fingerprint density at radius 1 is 0.800 bits per heavy atom. The zero-order valence-electron chi connectivity index (χ0n) is 21.6. The lowest BCUT2D eigenvalue weighted by Gasteiger charge is -2.27. The molecule has 2 aliphatic carbocycles. The van der Waals surface area contributed by atoms with Gasteiger partial charge < -0.3 is 19.1 Å². The number of anilines is 2. The normalized spacial score (nSPS) is 35.2. The van der Waals surface area contributed by atoms with Crippen molar-refractivity contribution in [1.82, 2.24) is 0 Å². The molecule has 2 aliphatic heterocycles. The first-order valence-electron chi connectivity index (χ1n) is 14.0. The molecule has 2 saturated heterocycles. The Kier molecular flexibility index (Phi) is 6.64. The topological polar surface area (TPSA) is 37.5 Å². The summed E-state index contributed by atoms with van der Waals surface area (Å²) in [7, 11) is 0. The van der Waals surface area contributed by atoms with E-state index in [1.807, 2.05) is 0 Å². The fourth-order valence-electron chi connectivity index (χ4n) is 6.55. The van der Waals surface area contributed by atoms with Gasteiger partial charge in [-0.1, -0.05) is 51.5 Å². The number of nitrogens with zero attached hydrogens (tertiary/aromatic N) is 1. The molecular weight excluding hydrogens is 434 g/mol. The molecule has 35 heavy (non-hydrogen) atoms. The maximum absolute atomic E-state index is 6.28. The molecule has 4 heteroatoms. The van der Waals surface area contributed by atoms with Crippen molar-refractivity contribution in [3.63, 3.8) is 0 Å². The van der Waals surface area contributed by atoms with Crippen LogP contribution in [0.3, 0.4) is 0 Å². The van der Waals surface area contributed by atoms with Crippen molar-refractivity contribution >= 4 is 11.4 Å². The van der Waals surface area contributed by atoms with Gasteiger partial charge in [-0.05, 0) is 79.3 Å². The number of ether oxygens (including phenoxy) is 3. The highest BCUT2D eigenvalue weighted by atomic mass is 16.6. The zero-order chi connectivity index (χ0) is 23.9. The average molecular weight is 476 g/mol. The van der Waals surface area contributed by atoms with E-state index in [9.17, 15) is 0 Å². The summed E-state index contributed by atoms with van der Waals surface area (Å²) in [6, 6.07) is 18.3. The summed E-state index contributed by atoms with van der Waals surface area (Å²) in [5.41, 5.74) is 5.20. The van der Waals surface area contributed by atoms with Crippen LogP contribution in [0.4, 0.5) is 11.4 Å². The molecule has 4 nitrogen and oxygen atoms in total. The summed E-state index contributed by atoms with van der Waals surface area (Å²) < 4.78 is 18.1. The van der Waals surface area contributed by atoms with Crippen LogP contribution in [0.25, 0.3) is 0 Å². The van der Waals surface area contributed by atoms with E-state index in [0.29, 0.717) is 42.9 Å². The Bertz CT molecular complexity index is 989. The van der Waals surface area contributed by atoms with E-state index >= 15 is 0 Å². The molecule has 4 fully saturated rings. The first-order valence-corrected chi connectivity index (χ1v) is 14.0. The van der Waals surface area contributed by atoms with Gasteiger partial charge in [0.05, 0.1) is 31.0 Å². The van der Waals surface area contributed by atoms with E-state index < -0.39 is 0 Å². The number of unbranched alkanes of at least 4 members (excludes halogenated alkanes) is 1. The highest BCUT2D eigenvalue weighted by Gasteiger charge is 2.50. The molecular formula is C31H41NO3. The van der Waals surface area contributed by atoms with Crippen LogP contribution in [0, 0.1) is 11.8 Å². The van der Waals surface area contributed by atoms with Gasteiger partial charge in [-0.25, -0.2) is 0 Å². The predicted octanol–water partition coefficient (Wildman–Crippen LogP) is 6.99. The number of fused-ring (bicyclic) bond motifs is 2. The monoisotopic (exact) mass is 475 g/mol. The summed E-state index contributed by atoms with van der Waals surface area (Å²) in [4.78, 5) is 2.46. The van der Waals surface area contributed by atoms with Gasteiger partial charge in [0.15, 0.2) is 0 Å². The van der Waals surface area contributed by atoms with Crippen LogP contribution in [0.5, 0.6) is 0 Å². The summed E-state index contributed by atoms with van der Waals surface area (Å²) in [5, 5.41) is 0. The van der Waals surface area contributed by atoms with Crippen LogP contribution in [0.2, 0.25) is 0 Å². The van der Waals surface area contributed by atoms with Gasteiger partial charge in [-0.3, -0.25) is 0 Å². The Morgan fingerprint density at radius 2 is 1.43 bits per heavy atom. The van der Waals surface area contributed by atoms with Crippen LogP contribution in [-0.2, 0) is 20.8 Å². The zero-order valence-corrected chi connectivity index (χ0v) is 21.6. The quantitative estimate of drug-likeness (QED) is 0.366. The highest BCUT2D eigenvalue weighted by molar-refractivity contribution is 5.64. The van der Waals surface area contributed by atoms with Gasteiger partial charge in [0.25, 0.3) is 0 Å². The van der Waals surface area contributed by atoms with Crippen LogP contribution in [0.15, 0.2) is 48.5 Å². The molecule has 2 saturated carbocycles. The molecule has 8 atom stereocenters. The average Bonchev–Trinajstić information content (AvgIpc) is 3.79. The number of hydrogen-bond donors (Lipinski definition) is 0. The minimum atomic E-state index is 0.256. The van der Waals surface area contributed by atoms with Gasteiger partial charge in [0, 0.05) is 23.8 Å². The lowest BCUT2D eigenvalue weighted by Crippen LogP contribution is -2.29. The van der Waals surface area contributed by atoms with Crippen molar-refractivity contribution in [2.45, 2.75) is 102 Å². The third-order valence-electron chi connectivity index (χ3n) is 8.65. The molecule has 0 radical (unpaired) electrons. The molecule has 8 unspecified atom stereocenters. The van der Waals surface area contributed by atoms with Crippen molar-refractivity contribution in [3.8, 4) is 0 Å². The molecule has 2 aromatic carbocycles. The number of hydrogen-bond acceptors (Lipinski definition) is 4. The molecule has 0 spiro atoms. The maximum Gasteiger partial charge on any atom is 0.110 e. The molecule has 2 aromatic rings. The van der Waals surface area contributed by atoms with Gasteiger partial charge in [0.1, 0.15) is 6.10 Å². The standard InChI is InChI=1S/C31H41NO3/c1-4-5-14-32(25-12-8-23(9-13-25)26-15-20(2)17-28-30(26)34-28)24-10-6-22(7-11-24)19-33-27-16-21(3)18-29-31(27)35-29/h6-13,20-21,26-31H,4-5,14-19H2,1-3H3. The maximum atomic E-state index is 6.28. The number of benzene rings is 2. The molecule has 4 aliphatic rings. The van der Waals surface area contributed by atoms with E-state index in [4.69, 9.17) is 14.2 Å². The van der Waals surface area contributed by atoms with E-state index in [1.54, 1.807) is 0 Å². The predicted molar refractivity (Wildman–Crippen MR) is 140 cm³/mol. The first kappa shape index (κ1) is 23.5. The minimum Gasteiger partial charge on any atom is -0.371 e. The van der Waals surface area contributed by atoms with Crippen molar-refractivity contribution in [2.24, 2.45) is 11.8 Å². The second-order valence-corrected chi connectivity index (χ2v) is 11.7. The van der Waals surface area contributed by atoms with Gasteiger partial charge >= 0.3 is 0 Å². The molecule has 0 N–H and O–H groups in total. The smallest absolute Gasteiger partial charge is 0.110 e. The van der Waals surface area contributed by atoms with Crippen LogP contribution in [0.1, 0.15) is 76.3 Å². The second kappa shape index (κ2) is 9.88. The SMILES string of the molecule is CCCCN(c1ccc(COC2CC(C)CC3OC23)cc1)c1ccc(C2CC(C)CC3OC32)cc1. The fourth-order valence-corrected chi connectivity index (χ4v) is 6.55. The summed E-state index contributed by atoms with van der Waals surface area (Å²) in [6.07, 6.45) is 9.16. The fraction of sp³-hybridized carbons (Fsp3) is 0.613. The Hall–Kier alpha value is -1.88. The molecule has 188 valence electrons. The summed E-state index contributed by atoms with van der Waals surface area (Å²) >= 11 is 0. The molecule has 6 rings (SSSR count). The van der Waals surface area contributed by atoms with Crippen molar-refractivity contribution in [1.29, 1.82) is 0 Å². The molecule has 0 amide bonds. The minimum absolute atomic E-state index is 0.256. The van der Waals surface area contributed by atoms with Gasteiger partial charge in [0.2, 0.25) is 0 Å². The lowest BCUT2D eigenvalue weighted by molar-refractivity contribution is 0.00482. The van der Waals surface area contributed by atoms with Crippen molar-refractivity contribution in [3.05, 3.63) is 59.7 Å². The van der Waals surface area contributed by atoms with Crippen LogP contribution in [-0.4, -0.2) is 37.1 Å². The van der Waals surface area contributed by atoms with E-state index in [2.05, 4.69) is 74.2 Å². The summed E-state index contributed by atoms with van der Waals surface area (Å²) in [6.45, 7) is 8.63. The second-order valence-electron chi connectivity index (χ2n) is 11.7. The summed E-state index contributed by atoms with van der Waals surface area (Å²) in [5.74, 6) is 2.01. The van der Waals surface area contributed by atoms with Crippen LogP contribution >= 0.6 is 0 Å². The molecule has 0 bridgehead atoms. The molecule has 2 heterocycles. The van der Waals surface area contributed by atoms with Gasteiger partial charge in [-0.15, -0.1) is 0 Å². The molecule has 0 aromatic heterocycles. The highest BCUT2D eigenvalue weighted by Crippen LogP contribution is 2.48. The number of epoxide rings is 2. The van der Waals surface area contributed by atoms with E-state index in [-0.39, 0.29) is 6.10 Å². The third-order valence-corrected chi connectivity index (χ3v) is 8.65. The van der Waals surface area contributed by atoms with Crippen molar-refractivity contribution in [2.75, 3.05) is 11.4 Å². The van der Waals surface area contributed by atoms with E-state index in [1.165, 1.54) is 54.6 Å². The van der Waals surface area contributed by atoms with Crippen molar-refractivity contribution < 1.29 is 14.2 Å². The first-order chi connectivity index (χ1) is 17.1. The van der Waals surface area contributed by atoms with Gasteiger partial charge in [-0.2, -0.15) is 0 Å². The van der Waals surface area contributed by atoms with Crippen LogP contribution < -0.4 is 4.90 Å². The Morgan fingerprint density at radius 3 is 2.14 bits per heavy atom. The third kappa shape index (κ3) is 5.16. The number of rotatable bonds is 9. The van der Waals surface area contributed by atoms with E-state index in [0.717, 1.165) is 18.9 Å².